The lowest BCUT2D eigenvalue weighted by Crippen LogP contribution is -1.85. The van der Waals surface area contributed by atoms with Crippen molar-refractivity contribution in [3.05, 3.63) is 0 Å². The van der Waals surface area contributed by atoms with E-state index in [1.165, 1.54) is 38.5 Å². The van der Waals surface area contributed by atoms with E-state index in [0.717, 1.165) is 0 Å². The average Bonchev–Trinajstić information content (AvgIpc) is 2.09. The normalized spacial score (nSPS) is 16.5. The molecule has 0 spiro atoms. The molecule has 0 atom stereocenters. The van der Waals surface area contributed by atoms with E-state index in [1.54, 1.807) is 6.92 Å². The highest BCUT2D eigenvalue weighted by Gasteiger charge is 1.95. The number of halogens is 1. The van der Waals surface area contributed by atoms with Crippen LogP contribution < -0.4 is 0 Å². The molecule has 0 amide bonds. The number of hydrogen-bond donors (Lipinski definition) is 0. The zero-order chi connectivity index (χ0) is 8.53. The summed E-state index contributed by atoms with van der Waals surface area (Å²) in [5, 5.41) is -0.273. The molecule has 0 saturated heterocycles. The van der Waals surface area contributed by atoms with Crippen LogP contribution in [0.4, 0.5) is 0 Å². The van der Waals surface area contributed by atoms with Gasteiger partial charge in [0.05, 0.1) is 0 Å². The van der Waals surface area contributed by atoms with Crippen LogP contribution >= 0.6 is 11.6 Å². The Morgan fingerprint density at radius 1 is 1.09 bits per heavy atom. The van der Waals surface area contributed by atoms with Crippen LogP contribution in [0, 0.1) is 0 Å². The van der Waals surface area contributed by atoms with Crippen molar-refractivity contribution in [2.45, 2.75) is 51.9 Å². The van der Waals surface area contributed by atoms with Crippen molar-refractivity contribution in [2.75, 3.05) is 0 Å². The van der Waals surface area contributed by atoms with Gasteiger partial charge in [-0.25, -0.2) is 0 Å². The van der Waals surface area contributed by atoms with Gasteiger partial charge in [0, 0.05) is 6.42 Å². The van der Waals surface area contributed by atoms with Crippen LogP contribution in [0.3, 0.4) is 0 Å². The van der Waals surface area contributed by atoms with E-state index in [0.29, 0.717) is 6.42 Å². The quantitative estimate of drug-likeness (QED) is 0.559. The molecule has 1 rings (SSSR count). The second-order valence-electron chi connectivity index (χ2n) is 2.83. The van der Waals surface area contributed by atoms with Gasteiger partial charge in [-0.2, -0.15) is 0 Å². The molecule has 0 heterocycles. The molecule has 1 fully saturated rings. The summed E-state index contributed by atoms with van der Waals surface area (Å²) in [5.41, 5.74) is 0. The third-order valence-corrected chi connectivity index (χ3v) is 2.05. The van der Waals surface area contributed by atoms with Gasteiger partial charge >= 0.3 is 0 Å². The monoisotopic (exact) mass is 176 g/mol. The van der Waals surface area contributed by atoms with E-state index >= 15 is 0 Å². The first-order valence-corrected chi connectivity index (χ1v) is 4.83. The average molecular weight is 177 g/mol. The Morgan fingerprint density at radius 2 is 1.27 bits per heavy atom. The summed E-state index contributed by atoms with van der Waals surface area (Å²) in [6, 6.07) is 0. The van der Waals surface area contributed by atoms with Crippen LogP contribution in [-0.4, -0.2) is 5.24 Å². The number of carbonyl (C=O) groups excluding carboxylic acids is 1. The highest BCUT2D eigenvalue weighted by Crippen LogP contribution is 2.15. The molecule has 1 aliphatic rings. The SMILES string of the molecule is C1CCCCC1.CCC(=O)Cl. The van der Waals surface area contributed by atoms with Gasteiger partial charge in [-0.05, 0) is 11.6 Å². The van der Waals surface area contributed by atoms with E-state index in [-0.39, 0.29) is 5.24 Å². The van der Waals surface area contributed by atoms with Gasteiger partial charge in [0.1, 0.15) is 0 Å². The summed E-state index contributed by atoms with van der Waals surface area (Å²) >= 11 is 4.82. The molecular weight excluding hydrogens is 160 g/mol. The van der Waals surface area contributed by atoms with Crippen LogP contribution in [0.25, 0.3) is 0 Å². The van der Waals surface area contributed by atoms with Crippen LogP contribution in [0.5, 0.6) is 0 Å². The molecule has 0 unspecified atom stereocenters. The van der Waals surface area contributed by atoms with E-state index < -0.39 is 0 Å². The van der Waals surface area contributed by atoms with Crippen molar-refractivity contribution in [3.63, 3.8) is 0 Å². The maximum Gasteiger partial charge on any atom is 0.221 e. The maximum atomic E-state index is 9.58. The highest BCUT2D eigenvalue weighted by atomic mass is 35.5. The van der Waals surface area contributed by atoms with E-state index in [9.17, 15) is 4.79 Å². The van der Waals surface area contributed by atoms with Gasteiger partial charge in [0.2, 0.25) is 5.24 Å². The molecule has 0 aromatic carbocycles. The minimum absolute atomic E-state index is 0.273. The zero-order valence-electron chi connectivity index (χ0n) is 7.24. The smallest absolute Gasteiger partial charge is 0.221 e. The lowest BCUT2D eigenvalue weighted by molar-refractivity contribution is -0.111. The maximum absolute atomic E-state index is 9.58. The molecule has 0 aliphatic heterocycles. The zero-order valence-corrected chi connectivity index (χ0v) is 7.99. The molecule has 1 saturated carbocycles. The Hall–Kier alpha value is -0.0400. The summed E-state index contributed by atoms with van der Waals surface area (Å²) < 4.78 is 0. The summed E-state index contributed by atoms with van der Waals surface area (Å²) in [6.45, 7) is 1.72. The minimum Gasteiger partial charge on any atom is -0.281 e. The first-order valence-electron chi connectivity index (χ1n) is 4.45. The molecule has 0 bridgehead atoms. The first kappa shape index (κ1) is 11.0. The molecular formula is C9H17ClO. The van der Waals surface area contributed by atoms with Crippen LogP contribution in [-0.2, 0) is 4.79 Å². The number of hydrogen-bond acceptors (Lipinski definition) is 1. The molecule has 2 heteroatoms. The standard InChI is InChI=1S/C6H12.C3H5ClO/c1-2-4-6-5-3-1;1-2-3(4)5/h1-6H2;2H2,1H3. The van der Waals surface area contributed by atoms with Crippen molar-refractivity contribution in [1.29, 1.82) is 0 Å². The lowest BCUT2D eigenvalue weighted by atomic mass is 10.0. The first-order chi connectivity index (χ1) is 5.27. The Morgan fingerprint density at radius 3 is 1.36 bits per heavy atom. The van der Waals surface area contributed by atoms with Crippen molar-refractivity contribution >= 4 is 16.8 Å². The van der Waals surface area contributed by atoms with Crippen LogP contribution in [0.15, 0.2) is 0 Å². The van der Waals surface area contributed by atoms with Gasteiger partial charge in [-0.15, -0.1) is 0 Å². The van der Waals surface area contributed by atoms with Gasteiger partial charge in [-0.3, -0.25) is 4.79 Å². The lowest BCUT2D eigenvalue weighted by Gasteiger charge is -2.05. The topological polar surface area (TPSA) is 17.1 Å². The fraction of sp³-hybridized carbons (Fsp3) is 0.889. The van der Waals surface area contributed by atoms with Gasteiger partial charge in [0.15, 0.2) is 0 Å². The van der Waals surface area contributed by atoms with Gasteiger partial charge in [-0.1, -0.05) is 45.4 Å². The van der Waals surface area contributed by atoms with Crippen molar-refractivity contribution in [3.8, 4) is 0 Å². The predicted molar refractivity (Wildman–Crippen MR) is 48.9 cm³/mol. The molecule has 0 radical (unpaired) electrons. The third-order valence-electron chi connectivity index (χ3n) is 1.78. The van der Waals surface area contributed by atoms with Crippen LogP contribution in [0.2, 0.25) is 0 Å². The minimum atomic E-state index is -0.273. The van der Waals surface area contributed by atoms with Crippen molar-refractivity contribution < 1.29 is 4.79 Å². The molecule has 11 heavy (non-hydrogen) atoms. The van der Waals surface area contributed by atoms with Gasteiger partial charge < -0.3 is 0 Å². The molecule has 1 aliphatic carbocycles. The Balaban J connectivity index is 0.000000187. The molecule has 0 N–H and O–H groups in total. The molecule has 0 aromatic heterocycles. The van der Waals surface area contributed by atoms with E-state index in [1.807, 2.05) is 0 Å². The third kappa shape index (κ3) is 9.96. The Labute approximate surface area is 74.1 Å². The Bertz CT molecular complexity index is 86.2. The second kappa shape index (κ2) is 8.06. The van der Waals surface area contributed by atoms with Crippen LogP contribution in [0.1, 0.15) is 51.9 Å². The van der Waals surface area contributed by atoms with Crippen molar-refractivity contribution in [2.24, 2.45) is 0 Å². The van der Waals surface area contributed by atoms with E-state index in [2.05, 4.69) is 0 Å². The van der Waals surface area contributed by atoms with Crippen molar-refractivity contribution in [1.82, 2.24) is 0 Å². The second-order valence-corrected chi connectivity index (χ2v) is 3.25. The fourth-order valence-corrected chi connectivity index (χ4v) is 1.06. The predicted octanol–water partition coefficient (Wildman–Crippen LogP) is 3.50. The largest absolute Gasteiger partial charge is 0.281 e. The van der Waals surface area contributed by atoms with Gasteiger partial charge in [0.25, 0.3) is 0 Å². The highest BCUT2D eigenvalue weighted by molar-refractivity contribution is 6.63. The van der Waals surface area contributed by atoms with E-state index in [4.69, 9.17) is 11.6 Å². The summed E-state index contributed by atoms with van der Waals surface area (Å²) in [6.07, 6.45) is 9.43. The Kier molecular flexibility index (Phi) is 8.03. The fourth-order valence-electron chi connectivity index (χ4n) is 1.06. The summed E-state index contributed by atoms with van der Waals surface area (Å²) in [7, 11) is 0. The summed E-state index contributed by atoms with van der Waals surface area (Å²) in [5.74, 6) is 0. The summed E-state index contributed by atoms with van der Waals surface area (Å²) in [4.78, 5) is 9.58. The molecule has 0 aromatic rings. The molecule has 1 nitrogen and oxygen atoms in total. The molecule has 66 valence electrons. The number of rotatable bonds is 1. The number of carbonyl (C=O) groups is 1.